The summed E-state index contributed by atoms with van der Waals surface area (Å²) in [4.78, 5) is 24.7. The molecule has 122 valence electrons. The molecule has 2 amide bonds. The standard InChI is InChI=1S/C19H14N4O2/c24-18-17(19(25)23(21-18)16-9-5-2-6-10-16)11-14-12-20-22(13-14)15-7-3-1-4-8-15/h1-13H,(H,21,24)/b17-11-. The molecule has 25 heavy (non-hydrogen) atoms. The number of aromatic nitrogens is 2. The van der Waals surface area contributed by atoms with E-state index in [9.17, 15) is 9.59 Å². The van der Waals surface area contributed by atoms with E-state index in [1.54, 1.807) is 47.4 Å². The second kappa shape index (κ2) is 6.09. The Bertz CT molecular complexity index is 961. The largest absolute Gasteiger partial charge is 0.282 e. The van der Waals surface area contributed by atoms with Crippen LogP contribution in [0.3, 0.4) is 0 Å². The van der Waals surface area contributed by atoms with Crippen molar-refractivity contribution < 1.29 is 9.59 Å². The highest BCUT2D eigenvalue weighted by molar-refractivity contribution is 6.31. The summed E-state index contributed by atoms with van der Waals surface area (Å²) in [5.41, 5.74) is 4.85. The third-order valence-electron chi connectivity index (χ3n) is 3.84. The Labute approximate surface area is 144 Å². The molecule has 0 aliphatic carbocycles. The fourth-order valence-corrected chi connectivity index (χ4v) is 2.62. The fraction of sp³-hybridized carbons (Fsp3) is 0. The van der Waals surface area contributed by atoms with Crippen molar-refractivity contribution in [3.05, 3.63) is 84.2 Å². The summed E-state index contributed by atoms with van der Waals surface area (Å²) >= 11 is 0. The highest BCUT2D eigenvalue weighted by Crippen LogP contribution is 2.21. The number of nitrogens with zero attached hydrogens (tertiary/aromatic N) is 3. The number of benzene rings is 2. The number of para-hydroxylation sites is 2. The van der Waals surface area contributed by atoms with Crippen LogP contribution in [0.4, 0.5) is 5.69 Å². The average molecular weight is 330 g/mol. The van der Waals surface area contributed by atoms with Gasteiger partial charge in [-0.15, -0.1) is 0 Å². The number of amides is 2. The van der Waals surface area contributed by atoms with Crippen molar-refractivity contribution in [2.45, 2.75) is 0 Å². The monoisotopic (exact) mass is 330 g/mol. The van der Waals surface area contributed by atoms with Gasteiger partial charge in [0.25, 0.3) is 11.8 Å². The average Bonchev–Trinajstić information content (AvgIpc) is 3.23. The maximum atomic E-state index is 12.5. The zero-order chi connectivity index (χ0) is 17.2. The van der Waals surface area contributed by atoms with Gasteiger partial charge in [0.15, 0.2) is 0 Å². The summed E-state index contributed by atoms with van der Waals surface area (Å²) < 4.78 is 1.69. The molecule has 2 aromatic carbocycles. The minimum absolute atomic E-state index is 0.0801. The van der Waals surface area contributed by atoms with E-state index in [0.717, 1.165) is 5.69 Å². The number of anilines is 1. The maximum absolute atomic E-state index is 12.5. The molecule has 6 heteroatoms. The van der Waals surface area contributed by atoms with E-state index in [1.165, 1.54) is 5.01 Å². The van der Waals surface area contributed by atoms with Crippen LogP contribution in [0.25, 0.3) is 11.8 Å². The van der Waals surface area contributed by atoms with Crippen LogP contribution in [0.5, 0.6) is 0 Å². The molecule has 1 aliphatic rings. The SMILES string of the molecule is O=C1NN(c2ccccc2)C(=O)/C1=C\c1cnn(-c2ccccc2)c1. The first-order valence-electron chi connectivity index (χ1n) is 7.75. The second-order valence-corrected chi connectivity index (χ2v) is 5.53. The summed E-state index contributed by atoms with van der Waals surface area (Å²) in [6.45, 7) is 0. The molecule has 1 N–H and O–H groups in total. The first kappa shape index (κ1) is 14.9. The summed E-state index contributed by atoms with van der Waals surface area (Å²) in [6, 6.07) is 18.6. The van der Waals surface area contributed by atoms with Crippen molar-refractivity contribution in [2.75, 3.05) is 5.01 Å². The quantitative estimate of drug-likeness (QED) is 0.592. The van der Waals surface area contributed by atoms with Gasteiger partial charge in [-0.2, -0.15) is 5.10 Å². The van der Waals surface area contributed by atoms with Crippen molar-refractivity contribution in [1.29, 1.82) is 0 Å². The van der Waals surface area contributed by atoms with Crippen molar-refractivity contribution >= 4 is 23.6 Å². The number of hydrazine groups is 1. The Morgan fingerprint density at radius 2 is 1.52 bits per heavy atom. The summed E-state index contributed by atoms with van der Waals surface area (Å²) in [6.07, 6.45) is 4.94. The third-order valence-corrected chi connectivity index (χ3v) is 3.84. The maximum Gasteiger partial charge on any atom is 0.282 e. The van der Waals surface area contributed by atoms with Gasteiger partial charge in [0.1, 0.15) is 5.57 Å². The molecule has 0 radical (unpaired) electrons. The molecule has 0 atom stereocenters. The van der Waals surface area contributed by atoms with Gasteiger partial charge < -0.3 is 0 Å². The number of carbonyl (C=O) groups is 2. The predicted molar refractivity (Wildman–Crippen MR) is 93.6 cm³/mol. The highest BCUT2D eigenvalue weighted by Gasteiger charge is 2.34. The minimum atomic E-state index is -0.429. The lowest BCUT2D eigenvalue weighted by Crippen LogP contribution is -2.35. The molecule has 4 rings (SSSR count). The Balaban J connectivity index is 1.63. The van der Waals surface area contributed by atoms with Crippen LogP contribution in [0.15, 0.2) is 78.6 Å². The topological polar surface area (TPSA) is 67.2 Å². The van der Waals surface area contributed by atoms with Gasteiger partial charge in [-0.25, -0.2) is 9.69 Å². The molecule has 6 nitrogen and oxygen atoms in total. The summed E-state index contributed by atoms with van der Waals surface area (Å²) in [5.74, 6) is -0.815. The minimum Gasteiger partial charge on any atom is -0.267 e. The molecule has 1 fully saturated rings. The second-order valence-electron chi connectivity index (χ2n) is 5.53. The highest BCUT2D eigenvalue weighted by atomic mass is 16.2. The van der Waals surface area contributed by atoms with Gasteiger partial charge in [-0.1, -0.05) is 36.4 Å². The molecule has 0 saturated carbocycles. The van der Waals surface area contributed by atoms with Gasteiger partial charge in [0.05, 0.1) is 17.6 Å². The Morgan fingerprint density at radius 3 is 2.20 bits per heavy atom. The number of nitrogens with one attached hydrogen (secondary N) is 1. The van der Waals surface area contributed by atoms with E-state index >= 15 is 0 Å². The van der Waals surface area contributed by atoms with E-state index in [1.807, 2.05) is 36.4 Å². The van der Waals surface area contributed by atoms with Crippen molar-refractivity contribution in [3.8, 4) is 5.69 Å². The van der Waals surface area contributed by atoms with Crippen LogP contribution in [0, 0.1) is 0 Å². The molecular formula is C19H14N4O2. The van der Waals surface area contributed by atoms with Gasteiger partial charge >= 0.3 is 0 Å². The Kier molecular flexibility index (Phi) is 3.63. The lowest BCUT2D eigenvalue weighted by molar-refractivity contribution is -0.117. The molecule has 0 bridgehead atoms. The number of carbonyl (C=O) groups excluding carboxylic acids is 2. The number of hydrogen-bond acceptors (Lipinski definition) is 3. The lowest BCUT2D eigenvalue weighted by Gasteiger charge is -2.13. The molecular weight excluding hydrogens is 316 g/mol. The normalized spacial score (nSPS) is 15.7. The van der Waals surface area contributed by atoms with Gasteiger partial charge in [0, 0.05) is 11.8 Å². The Morgan fingerprint density at radius 1 is 0.880 bits per heavy atom. The van der Waals surface area contributed by atoms with Crippen molar-refractivity contribution in [1.82, 2.24) is 15.2 Å². The van der Waals surface area contributed by atoms with E-state index in [-0.39, 0.29) is 11.5 Å². The zero-order valence-corrected chi connectivity index (χ0v) is 13.2. The van der Waals surface area contributed by atoms with Gasteiger partial charge in [0.2, 0.25) is 0 Å². The predicted octanol–water partition coefficient (Wildman–Crippen LogP) is 2.33. The van der Waals surface area contributed by atoms with Crippen LogP contribution < -0.4 is 10.4 Å². The van der Waals surface area contributed by atoms with E-state index in [2.05, 4.69) is 10.5 Å². The van der Waals surface area contributed by atoms with Crippen LogP contribution in [0.1, 0.15) is 5.56 Å². The lowest BCUT2D eigenvalue weighted by atomic mass is 10.2. The number of hydrogen-bond donors (Lipinski definition) is 1. The molecule has 2 heterocycles. The van der Waals surface area contributed by atoms with E-state index in [4.69, 9.17) is 0 Å². The summed E-state index contributed by atoms with van der Waals surface area (Å²) in [5, 5.41) is 5.52. The van der Waals surface area contributed by atoms with E-state index in [0.29, 0.717) is 11.3 Å². The first-order valence-corrected chi connectivity index (χ1v) is 7.75. The van der Waals surface area contributed by atoms with Crippen molar-refractivity contribution in [3.63, 3.8) is 0 Å². The van der Waals surface area contributed by atoms with Crippen LogP contribution >= 0.6 is 0 Å². The smallest absolute Gasteiger partial charge is 0.267 e. The molecule has 1 aliphatic heterocycles. The first-order chi connectivity index (χ1) is 12.2. The zero-order valence-electron chi connectivity index (χ0n) is 13.2. The third kappa shape index (κ3) is 2.81. The molecule has 1 saturated heterocycles. The van der Waals surface area contributed by atoms with Crippen LogP contribution in [-0.4, -0.2) is 21.6 Å². The molecule has 3 aromatic rings. The Hall–Kier alpha value is -3.67. The van der Waals surface area contributed by atoms with Gasteiger partial charge in [-0.05, 0) is 30.3 Å². The van der Waals surface area contributed by atoms with Gasteiger partial charge in [-0.3, -0.25) is 15.0 Å². The summed E-state index contributed by atoms with van der Waals surface area (Å²) in [7, 11) is 0. The fourth-order valence-electron chi connectivity index (χ4n) is 2.62. The molecule has 1 aromatic heterocycles. The molecule has 0 unspecified atom stereocenters. The van der Waals surface area contributed by atoms with Crippen molar-refractivity contribution in [2.24, 2.45) is 0 Å². The van der Waals surface area contributed by atoms with Crippen LogP contribution in [-0.2, 0) is 9.59 Å². The van der Waals surface area contributed by atoms with Crippen LogP contribution in [0.2, 0.25) is 0 Å². The molecule has 0 spiro atoms. The number of rotatable bonds is 3. The van der Waals surface area contributed by atoms with E-state index < -0.39 is 5.91 Å².